The Kier molecular flexibility index (Phi) is 8.43. The van der Waals surface area contributed by atoms with Crippen LogP contribution in [0, 0.1) is 23.2 Å². The van der Waals surface area contributed by atoms with Crippen LogP contribution in [0.25, 0.3) is 0 Å². The van der Waals surface area contributed by atoms with Gasteiger partial charge in [0.05, 0.1) is 35.5 Å². The molecule has 2 fully saturated rings. The van der Waals surface area contributed by atoms with Crippen molar-refractivity contribution in [2.24, 2.45) is 11.3 Å². The highest BCUT2D eigenvalue weighted by Crippen LogP contribution is 2.37. The summed E-state index contributed by atoms with van der Waals surface area (Å²) in [5.74, 6) is 6.85. The molecule has 3 aliphatic rings. The van der Waals surface area contributed by atoms with Crippen LogP contribution in [-0.2, 0) is 14.3 Å². The number of aliphatic hydroxyl groups is 1. The van der Waals surface area contributed by atoms with Crippen LogP contribution in [0.1, 0.15) is 83.9 Å². The SMILES string of the molecule is CC1=CC[C@H](C(=O)N(c2csc(C#CC(C)(C)C)c2)C2CCC(O)(CO[C@H]3CCOC3)CC2)CC1. The molecule has 4 rings (SSSR count). The number of anilines is 1. The molecular formula is C29H41NO4S. The average molecular weight is 500 g/mol. The number of hydrogen-bond donors (Lipinski definition) is 1. The van der Waals surface area contributed by atoms with E-state index in [9.17, 15) is 9.90 Å². The average Bonchev–Trinajstić information content (AvgIpc) is 3.50. The second-order valence-corrected chi connectivity index (χ2v) is 12.6. The molecule has 1 aromatic heterocycles. The minimum atomic E-state index is -0.823. The molecule has 0 radical (unpaired) electrons. The quantitative estimate of drug-likeness (QED) is 0.403. The molecule has 1 amide bonds. The highest BCUT2D eigenvalue weighted by atomic mass is 32.1. The number of rotatable bonds is 6. The first-order valence-corrected chi connectivity index (χ1v) is 14.0. The van der Waals surface area contributed by atoms with E-state index in [1.54, 1.807) is 11.3 Å². The van der Waals surface area contributed by atoms with Crippen LogP contribution in [0.2, 0.25) is 0 Å². The number of nitrogens with zero attached hydrogens (tertiary/aromatic N) is 1. The smallest absolute Gasteiger partial charge is 0.230 e. The van der Waals surface area contributed by atoms with Crippen LogP contribution in [0.3, 0.4) is 0 Å². The van der Waals surface area contributed by atoms with Gasteiger partial charge in [0.25, 0.3) is 0 Å². The summed E-state index contributed by atoms with van der Waals surface area (Å²) in [6.45, 7) is 10.2. The topological polar surface area (TPSA) is 59.0 Å². The van der Waals surface area contributed by atoms with Gasteiger partial charge < -0.3 is 19.5 Å². The molecule has 0 unspecified atom stereocenters. The monoisotopic (exact) mass is 499 g/mol. The number of amides is 1. The third kappa shape index (κ3) is 7.20. The first-order valence-electron chi connectivity index (χ1n) is 13.1. The molecule has 1 N–H and O–H groups in total. The summed E-state index contributed by atoms with van der Waals surface area (Å²) in [7, 11) is 0. The summed E-state index contributed by atoms with van der Waals surface area (Å²) in [6, 6.07) is 2.16. The largest absolute Gasteiger partial charge is 0.387 e. The molecule has 0 aromatic carbocycles. The Bertz CT molecular complexity index is 965. The van der Waals surface area contributed by atoms with Crippen molar-refractivity contribution in [2.45, 2.75) is 96.8 Å². The molecule has 1 aliphatic heterocycles. The highest BCUT2D eigenvalue weighted by Gasteiger charge is 2.39. The van der Waals surface area contributed by atoms with Gasteiger partial charge in [-0.15, -0.1) is 11.3 Å². The molecule has 5 nitrogen and oxygen atoms in total. The highest BCUT2D eigenvalue weighted by molar-refractivity contribution is 7.11. The van der Waals surface area contributed by atoms with Crippen LogP contribution in [0.4, 0.5) is 5.69 Å². The number of carbonyl (C=O) groups is 1. The molecule has 2 aliphatic carbocycles. The van der Waals surface area contributed by atoms with Crippen molar-refractivity contribution in [2.75, 3.05) is 24.7 Å². The Morgan fingerprint density at radius 1 is 1.29 bits per heavy atom. The van der Waals surface area contributed by atoms with Crippen molar-refractivity contribution in [1.82, 2.24) is 0 Å². The van der Waals surface area contributed by atoms with Crippen molar-refractivity contribution in [1.29, 1.82) is 0 Å². The van der Waals surface area contributed by atoms with E-state index in [4.69, 9.17) is 9.47 Å². The Morgan fingerprint density at radius 3 is 2.69 bits per heavy atom. The molecule has 6 heteroatoms. The molecule has 35 heavy (non-hydrogen) atoms. The van der Waals surface area contributed by atoms with Crippen LogP contribution in [0.5, 0.6) is 0 Å². The minimum Gasteiger partial charge on any atom is -0.387 e. The lowest BCUT2D eigenvalue weighted by molar-refractivity contribution is -0.124. The van der Waals surface area contributed by atoms with Gasteiger partial charge in [-0.25, -0.2) is 0 Å². The molecule has 192 valence electrons. The number of allylic oxidation sites excluding steroid dienone is 2. The van der Waals surface area contributed by atoms with Crippen LogP contribution >= 0.6 is 11.3 Å². The Labute approximate surface area is 214 Å². The van der Waals surface area contributed by atoms with E-state index in [1.807, 2.05) is 4.90 Å². The normalized spacial score (nSPS) is 29.3. The van der Waals surface area contributed by atoms with Gasteiger partial charge in [-0.3, -0.25) is 4.79 Å². The lowest BCUT2D eigenvalue weighted by atomic mass is 9.81. The van der Waals surface area contributed by atoms with E-state index < -0.39 is 5.60 Å². The van der Waals surface area contributed by atoms with Gasteiger partial charge in [0.2, 0.25) is 5.91 Å². The summed E-state index contributed by atoms with van der Waals surface area (Å²) >= 11 is 1.61. The van der Waals surface area contributed by atoms with Crippen molar-refractivity contribution in [3.63, 3.8) is 0 Å². The number of ether oxygens (including phenoxy) is 2. The van der Waals surface area contributed by atoms with E-state index >= 15 is 0 Å². The van der Waals surface area contributed by atoms with Crippen molar-refractivity contribution >= 4 is 22.9 Å². The first kappa shape index (κ1) is 26.4. The standard InChI is InChI=1S/C29H41NO4S/c1-21-5-7-22(8-6-21)27(31)30(24-17-26(35-19-24)11-13-28(2,3)4)23-9-14-29(32,15-10-23)20-34-25-12-16-33-18-25/h5,17,19,22-23,25,32H,6-10,12,14-16,18,20H2,1-4H3/t22-,23?,25-,29?/m0/s1. The molecule has 1 saturated heterocycles. The minimum absolute atomic E-state index is 0.0224. The summed E-state index contributed by atoms with van der Waals surface area (Å²) in [4.78, 5) is 16.9. The van der Waals surface area contributed by atoms with Crippen LogP contribution in [-0.4, -0.2) is 48.6 Å². The Morgan fingerprint density at radius 2 is 2.06 bits per heavy atom. The fourth-order valence-electron chi connectivity index (χ4n) is 5.13. The van der Waals surface area contributed by atoms with Crippen molar-refractivity contribution in [3.05, 3.63) is 28.0 Å². The predicted molar refractivity (Wildman–Crippen MR) is 142 cm³/mol. The first-order chi connectivity index (χ1) is 16.6. The lowest BCUT2D eigenvalue weighted by Crippen LogP contribution is -2.50. The maximum absolute atomic E-state index is 13.9. The Hall–Kier alpha value is -1.65. The summed E-state index contributed by atoms with van der Waals surface area (Å²) in [5, 5.41) is 13.3. The third-order valence-corrected chi connectivity index (χ3v) is 8.21. The van der Waals surface area contributed by atoms with Gasteiger partial charge in [-0.2, -0.15) is 0 Å². The van der Waals surface area contributed by atoms with Crippen LogP contribution in [0.15, 0.2) is 23.1 Å². The van der Waals surface area contributed by atoms with Gasteiger partial charge in [0.15, 0.2) is 0 Å². The predicted octanol–water partition coefficient (Wildman–Crippen LogP) is 5.70. The molecular weight excluding hydrogens is 458 g/mol. The number of hydrogen-bond acceptors (Lipinski definition) is 5. The van der Waals surface area contributed by atoms with Gasteiger partial charge in [0, 0.05) is 29.4 Å². The zero-order valence-electron chi connectivity index (χ0n) is 21.8. The van der Waals surface area contributed by atoms with Crippen molar-refractivity contribution in [3.8, 4) is 11.8 Å². The van der Waals surface area contributed by atoms with Crippen LogP contribution < -0.4 is 4.90 Å². The van der Waals surface area contributed by atoms with Crippen molar-refractivity contribution < 1.29 is 19.4 Å². The zero-order chi connectivity index (χ0) is 25.1. The molecule has 1 aromatic rings. The van der Waals surface area contributed by atoms with E-state index in [0.717, 1.165) is 55.7 Å². The fraction of sp³-hybridized carbons (Fsp3) is 0.690. The fourth-order valence-corrected chi connectivity index (χ4v) is 5.86. The molecule has 1 saturated carbocycles. The van der Waals surface area contributed by atoms with Gasteiger partial charge in [0.1, 0.15) is 0 Å². The molecule has 0 bridgehead atoms. The van der Waals surface area contributed by atoms with Gasteiger partial charge in [-0.05, 0) is 85.1 Å². The van der Waals surface area contributed by atoms with E-state index in [0.29, 0.717) is 26.1 Å². The van der Waals surface area contributed by atoms with E-state index in [2.05, 4.69) is 57.1 Å². The lowest BCUT2D eigenvalue weighted by Gasteiger charge is -2.42. The summed E-state index contributed by atoms with van der Waals surface area (Å²) in [5.41, 5.74) is 1.45. The number of carbonyl (C=O) groups excluding carboxylic acids is 1. The molecule has 2 atom stereocenters. The number of thiophene rings is 1. The second kappa shape index (κ2) is 11.2. The van der Waals surface area contributed by atoms with E-state index in [1.165, 1.54) is 5.57 Å². The molecule has 0 spiro atoms. The third-order valence-electron chi connectivity index (χ3n) is 7.38. The zero-order valence-corrected chi connectivity index (χ0v) is 22.6. The maximum Gasteiger partial charge on any atom is 0.230 e. The van der Waals surface area contributed by atoms with Gasteiger partial charge >= 0.3 is 0 Å². The Balaban J connectivity index is 1.48. The summed E-state index contributed by atoms with van der Waals surface area (Å²) < 4.78 is 11.4. The van der Waals surface area contributed by atoms with Gasteiger partial charge in [-0.1, -0.05) is 23.5 Å². The molecule has 2 heterocycles. The second-order valence-electron chi connectivity index (χ2n) is 11.7. The maximum atomic E-state index is 13.9. The summed E-state index contributed by atoms with van der Waals surface area (Å²) in [6.07, 6.45) is 8.75. The van der Waals surface area contributed by atoms with E-state index in [-0.39, 0.29) is 29.4 Å².